The number of hydrogen-bond donors (Lipinski definition) is 1. The summed E-state index contributed by atoms with van der Waals surface area (Å²) in [6.45, 7) is 2.71. The third kappa shape index (κ3) is 2.38. The predicted molar refractivity (Wildman–Crippen MR) is 46.3 cm³/mol. The number of nitrogens with two attached hydrogens (primary N) is 1. The van der Waals surface area contributed by atoms with Crippen molar-refractivity contribution in [1.82, 2.24) is 0 Å². The first kappa shape index (κ1) is 9.47. The molecule has 1 rings (SSSR count). The van der Waals surface area contributed by atoms with Crippen molar-refractivity contribution in [1.29, 1.82) is 0 Å². The summed E-state index contributed by atoms with van der Waals surface area (Å²) in [7, 11) is 0. The Labute approximate surface area is 67.7 Å². The van der Waals surface area contributed by atoms with Crippen LogP contribution in [0.25, 0.3) is 0 Å². The molecule has 2 N–H and O–H groups in total. The van der Waals surface area contributed by atoms with Crippen molar-refractivity contribution in [3.8, 4) is 0 Å². The van der Waals surface area contributed by atoms with Gasteiger partial charge in [-0.3, -0.25) is 0 Å². The van der Waals surface area contributed by atoms with Gasteiger partial charge in [-0.1, -0.05) is 29.8 Å². The van der Waals surface area contributed by atoms with Gasteiger partial charge in [0.15, 0.2) is 0 Å². The van der Waals surface area contributed by atoms with Crippen molar-refractivity contribution in [2.75, 3.05) is 0 Å². The van der Waals surface area contributed by atoms with Gasteiger partial charge in [-0.25, -0.2) is 0 Å². The molecule has 0 aliphatic carbocycles. The first-order chi connectivity index (χ1) is 4.33. The van der Waals surface area contributed by atoms with Gasteiger partial charge in [-0.2, -0.15) is 0 Å². The summed E-state index contributed by atoms with van der Waals surface area (Å²) < 4.78 is 0. The molecule has 56 valence electrons. The normalized spacial score (nSPS) is 8.60. The van der Waals surface area contributed by atoms with E-state index in [2.05, 4.69) is 31.2 Å². The summed E-state index contributed by atoms with van der Waals surface area (Å²) in [5.74, 6) is 0. The topological polar surface area (TPSA) is 26.0 Å². The minimum Gasteiger partial charge on any atom is -0.326 e. The highest BCUT2D eigenvalue weighted by Crippen LogP contribution is 2.00. The monoisotopic (exact) mass is 157 g/mol. The molecule has 0 saturated carbocycles. The Morgan fingerprint density at radius 1 is 1.20 bits per heavy atom. The second-order valence-electron chi connectivity index (χ2n) is 2.19. The molecule has 0 aromatic heterocycles. The minimum absolute atomic E-state index is 0. The third-order valence-corrected chi connectivity index (χ3v) is 1.36. The molecule has 0 amide bonds. The molecule has 0 spiro atoms. The van der Waals surface area contributed by atoms with Crippen molar-refractivity contribution in [2.45, 2.75) is 13.5 Å². The number of halogens is 1. The van der Waals surface area contributed by atoms with E-state index in [0.717, 1.165) is 0 Å². The maximum absolute atomic E-state index is 5.40. The minimum atomic E-state index is 0. The van der Waals surface area contributed by atoms with E-state index in [1.54, 1.807) is 0 Å². The van der Waals surface area contributed by atoms with E-state index < -0.39 is 0 Å². The van der Waals surface area contributed by atoms with Crippen LogP contribution in [0.3, 0.4) is 0 Å². The second kappa shape index (κ2) is 4.31. The first-order valence-corrected chi connectivity index (χ1v) is 3.08. The molecule has 0 aliphatic heterocycles. The number of aryl methyl sites for hydroxylation is 1. The molecule has 0 saturated heterocycles. The van der Waals surface area contributed by atoms with Gasteiger partial charge in [0.1, 0.15) is 0 Å². The molecule has 0 bridgehead atoms. The van der Waals surface area contributed by atoms with Crippen LogP contribution in [0.4, 0.5) is 0 Å². The Morgan fingerprint density at radius 3 is 2.10 bits per heavy atom. The quantitative estimate of drug-likeness (QED) is 0.662. The molecule has 0 atom stereocenters. The number of rotatable bonds is 1. The molecular weight excluding hydrogens is 146 g/mol. The van der Waals surface area contributed by atoms with Gasteiger partial charge in [0, 0.05) is 6.54 Å². The van der Waals surface area contributed by atoms with Crippen LogP contribution < -0.4 is 5.73 Å². The van der Waals surface area contributed by atoms with Crippen LogP contribution in [0, 0.1) is 6.92 Å². The van der Waals surface area contributed by atoms with E-state index in [-0.39, 0.29) is 12.4 Å². The van der Waals surface area contributed by atoms with Crippen molar-refractivity contribution in [2.24, 2.45) is 5.73 Å². The smallest absolute Gasteiger partial charge is 0.0178 e. The van der Waals surface area contributed by atoms with E-state index >= 15 is 0 Å². The Balaban J connectivity index is 0.000000810. The van der Waals surface area contributed by atoms with Crippen molar-refractivity contribution in [3.05, 3.63) is 35.4 Å². The van der Waals surface area contributed by atoms with Crippen LogP contribution in [0.5, 0.6) is 0 Å². The van der Waals surface area contributed by atoms with E-state index in [4.69, 9.17) is 5.73 Å². The van der Waals surface area contributed by atoms with Gasteiger partial charge in [0.25, 0.3) is 0 Å². The Morgan fingerprint density at radius 2 is 1.70 bits per heavy atom. The zero-order valence-corrected chi connectivity index (χ0v) is 6.82. The Bertz CT molecular complexity index is 181. The predicted octanol–water partition coefficient (Wildman–Crippen LogP) is 1.88. The van der Waals surface area contributed by atoms with Crippen LogP contribution in [-0.2, 0) is 6.54 Å². The fraction of sp³-hybridized carbons (Fsp3) is 0.250. The van der Waals surface area contributed by atoms with Gasteiger partial charge < -0.3 is 5.73 Å². The zero-order valence-electron chi connectivity index (χ0n) is 6.00. The van der Waals surface area contributed by atoms with Gasteiger partial charge in [0.05, 0.1) is 0 Å². The van der Waals surface area contributed by atoms with Gasteiger partial charge in [0.2, 0.25) is 0 Å². The molecular formula is C8H12ClN. The van der Waals surface area contributed by atoms with E-state index in [9.17, 15) is 0 Å². The summed E-state index contributed by atoms with van der Waals surface area (Å²) in [4.78, 5) is 0. The maximum atomic E-state index is 5.40. The lowest BCUT2D eigenvalue weighted by Crippen LogP contribution is -1.94. The highest BCUT2D eigenvalue weighted by Gasteiger charge is 1.84. The largest absolute Gasteiger partial charge is 0.326 e. The lowest BCUT2D eigenvalue weighted by atomic mass is 10.2. The highest BCUT2D eigenvalue weighted by molar-refractivity contribution is 5.85. The maximum Gasteiger partial charge on any atom is 0.0178 e. The van der Waals surface area contributed by atoms with E-state index in [1.165, 1.54) is 11.1 Å². The van der Waals surface area contributed by atoms with Crippen LogP contribution in [0.15, 0.2) is 24.3 Å². The van der Waals surface area contributed by atoms with Gasteiger partial charge in [-0.05, 0) is 12.5 Å². The highest BCUT2D eigenvalue weighted by atomic mass is 35.5. The Hall–Kier alpha value is -0.530. The summed E-state index contributed by atoms with van der Waals surface area (Å²) in [6.07, 6.45) is 0. The molecule has 0 aliphatic rings. The fourth-order valence-corrected chi connectivity index (χ4v) is 0.724. The molecule has 0 fully saturated rings. The molecule has 10 heavy (non-hydrogen) atoms. The van der Waals surface area contributed by atoms with Crippen molar-refractivity contribution < 1.29 is 0 Å². The molecule has 0 radical (unpaired) electrons. The third-order valence-electron chi connectivity index (χ3n) is 1.36. The van der Waals surface area contributed by atoms with Crippen LogP contribution in [0.1, 0.15) is 11.1 Å². The van der Waals surface area contributed by atoms with Crippen molar-refractivity contribution >= 4 is 12.4 Å². The van der Waals surface area contributed by atoms with Crippen molar-refractivity contribution in [3.63, 3.8) is 0 Å². The lowest BCUT2D eigenvalue weighted by molar-refractivity contribution is 1.07. The molecule has 2 heteroatoms. The van der Waals surface area contributed by atoms with Crippen LogP contribution >= 0.6 is 12.4 Å². The SMILES string of the molecule is Cc1ccc(CN)cc1.Cl. The summed E-state index contributed by atoms with van der Waals surface area (Å²) in [6, 6.07) is 8.25. The first-order valence-electron chi connectivity index (χ1n) is 3.08. The summed E-state index contributed by atoms with van der Waals surface area (Å²) in [5.41, 5.74) is 7.88. The molecule has 0 unspecified atom stereocenters. The standard InChI is InChI=1S/C8H11N.ClH/c1-7-2-4-8(6-9)5-3-7;/h2-5H,6,9H2,1H3;1H. The fourth-order valence-electron chi connectivity index (χ4n) is 0.724. The lowest BCUT2D eigenvalue weighted by Gasteiger charge is -1.94. The average molecular weight is 158 g/mol. The van der Waals surface area contributed by atoms with E-state index in [1.807, 2.05) is 0 Å². The van der Waals surface area contributed by atoms with Gasteiger partial charge in [-0.15, -0.1) is 12.4 Å². The molecule has 1 aromatic rings. The molecule has 1 aromatic carbocycles. The zero-order chi connectivity index (χ0) is 6.69. The Kier molecular flexibility index (Phi) is 4.08. The number of hydrogen-bond acceptors (Lipinski definition) is 1. The summed E-state index contributed by atoms with van der Waals surface area (Å²) >= 11 is 0. The van der Waals surface area contributed by atoms with Gasteiger partial charge >= 0.3 is 0 Å². The van der Waals surface area contributed by atoms with Crippen LogP contribution in [0.2, 0.25) is 0 Å². The van der Waals surface area contributed by atoms with Crippen LogP contribution in [-0.4, -0.2) is 0 Å². The number of benzene rings is 1. The molecule has 1 nitrogen and oxygen atoms in total. The average Bonchev–Trinajstić information content (AvgIpc) is 1.90. The second-order valence-corrected chi connectivity index (χ2v) is 2.19. The summed E-state index contributed by atoms with van der Waals surface area (Å²) in [5, 5.41) is 0. The molecule has 0 heterocycles. The van der Waals surface area contributed by atoms with E-state index in [0.29, 0.717) is 6.54 Å².